The van der Waals surface area contributed by atoms with E-state index >= 15 is 0 Å². The Labute approximate surface area is 189 Å². The minimum absolute atomic E-state index is 0.0218. The number of anilines is 1. The van der Waals surface area contributed by atoms with Crippen LogP contribution in [-0.4, -0.2) is 13.1 Å². The molecule has 0 saturated carbocycles. The van der Waals surface area contributed by atoms with Gasteiger partial charge in [-0.05, 0) is 17.2 Å². The monoisotopic (exact) mass is 483 g/mol. The first kappa shape index (κ1) is 24.8. The van der Waals surface area contributed by atoms with Crippen molar-refractivity contribution in [3.05, 3.63) is 107 Å². The van der Waals surface area contributed by atoms with E-state index in [1.165, 1.54) is 30.3 Å². The van der Waals surface area contributed by atoms with E-state index in [1.54, 1.807) is 36.4 Å². The fourth-order valence-electron chi connectivity index (χ4n) is 3.28. The van der Waals surface area contributed by atoms with Crippen LogP contribution in [0.3, 0.4) is 0 Å². The Morgan fingerprint density at radius 2 is 1.32 bits per heavy atom. The van der Waals surface area contributed by atoms with Crippen LogP contribution in [0.4, 0.5) is 36.4 Å². The molecule has 3 rings (SSSR count). The van der Waals surface area contributed by atoms with E-state index in [0.717, 1.165) is 13.2 Å². The zero-order valence-corrected chi connectivity index (χ0v) is 17.4. The zero-order valence-electron chi connectivity index (χ0n) is 17.4. The van der Waals surface area contributed by atoms with E-state index in [-0.39, 0.29) is 5.56 Å². The van der Waals surface area contributed by atoms with Gasteiger partial charge in [-0.2, -0.15) is 13.2 Å². The van der Waals surface area contributed by atoms with Crippen molar-refractivity contribution in [2.45, 2.75) is 11.7 Å². The van der Waals surface area contributed by atoms with E-state index in [9.17, 15) is 35.5 Å². The molecular formula is C24H16F7NO2. The van der Waals surface area contributed by atoms with Gasteiger partial charge < -0.3 is 10.1 Å². The molecule has 3 nitrogen and oxygen atoms in total. The summed E-state index contributed by atoms with van der Waals surface area (Å²) in [6.45, 7) is 0. The Balaban J connectivity index is 2.29. The maximum absolute atomic E-state index is 14.7. The van der Waals surface area contributed by atoms with E-state index in [4.69, 9.17) is 4.74 Å². The Morgan fingerprint density at radius 1 is 0.824 bits per heavy atom. The molecular weight excluding hydrogens is 467 g/mol. The maximum Gasteiger partial charge on any atom is 0.422 e. The molecule has 1 atom stereocenters. The van der Waals surface area contributed by atoms with Crippen LogP contribution in [0.25, 0.3) is 6.08 Å². The van der Waals surface area contributed by atoms with Crippen LogP contribution in [0.5, 0.6) is 0 Å². The number of carbonyl (C=O) groups is 1. The molecule has 0 heterocycles. The molecule has 0 aliphatic heterocycles. The lowest BCUT2D eigenvalue weighted by Gasteiger charge is -2.31. The molecule has 0 aliphatic carbocycles. The summed E-state index contributed by atoms with van der Waals surface area (Å²) in [7, 11) is 0.957. The second-order valence-corrected chi connectivity index (χ2v) is 7.04. The van der Waals surface area contributed by atoms with Gasteiger partial charge in [0.2, 0.25) is 0 Å². The number of esters is 1. The van der Waals surface area contributed by atoms with E-state index in [2.05, 4.69) is 5.32 Å². The molecule has 0 spiro atoms. The molecule has 3 aromatic carbocycles. The van der Waals surface area contributed by atoms with Crippen molar-refractivity contribution in [2.24, 2.45) is 0 Å². The van der Waals surface area contributed by atoms with Gasteiger partial charge in [-0.1, -0.05) is 66.7 Å². The Morgan fingerprint density at radius 3 is 1.79 bits per heavy atom. The van der Waals surface area contributed by atoms with Crippen LogP contribution in [0, 0.1) is 23.3 Å². The van der Waals surface area contributed by atoms with Crippen LogP contribution in [0.2, 0.25) is 0 Å². The van der Waals surface area contributed by atoms with E-state index < -0.39 is 52.2 Å². The summed E-state index contributed by atoms with van der Waals surface area (Å²) in [5.41, 5.74) is -6.08. The third-order valence-electron chi connectivity index (χ3n) is 4.93. The van der Waals surface area contributed by atoms with Crippen molar-refractivity contribution in [3.8, 4) is 0 Å². The molecule has 34 heavy (non-hydrogen) atoms. The minimum atomic E-state index is -5.71. The highest BCUT2D eigenvalue weighted by molar-refractivity contribution is 5.90. The SMILES string of the molecule is COC(=O)C(/C=C/c1ccccc1)(Nc1c(F)c(F)c(C(F)(F)F)c(F)c1F)c1ccccc1. The van der Waals surface area contributed by atoms with E-state index in [0.29, 0.717) is 5.56 Å². The first-order valence-electron chi connectivity index (χ1n) is 9.62. The summed E-state index contributed by atoms with van der Waals surface area (Å²) < 4.78 is 102. The van der Waals surface area contributed by atoms with E-state index in [1.807, 2.05) is 0 Å². The average molecular weight is 483 g/mol. The van der Waals surface area contributed by atoms with Crippen LogP contribution in [-0.2, 0) is 21.2 Å². The minimum Gasteiger partial charge on any atom is -0.467 e. The van der Waals surface area contributed by atoms with Crippen LogP contribution < -0.4 is 5.32 Å². The van der Waals surface area contributed by atoms with Gasteiger partial charge in [-0.25, -0.2) is 22.4 Å². The molecule has 0 fully saturated rings. The molecule has 0 bridgehead atoms. The highest BCUT2D eigenvalue weighted by atomic mass is 19.4. The lowest BCUT2D eigenvalue weighted by Crippen LogP contribution is -2.43. The predicted molar refractivity (Wildman–Crippen MR) is 111 cm³/mol. The number of ether oxygens (including phenoxy) is 1. The first-order chi connectivity index (χ1) is 16.0. The molecule has 0 aromatic heterocycles. The van der Waals surface area contributed by atoms with Crippen molar-refractivity contribution >= 4 is 17.7 Å². The van der Waals surface area contributed by atoms with Crippen molar-refractivity contribution in [3.63, 3.8) is 0 Å². The van der Waals surface area contributed by atoms with Gasteiger partial charge in [0.25, 0.3) is 0 Å². The second-order valence-electron chi connectivity index (χ2n) is 7.04. The van der Waals surface area contributed by atoms with Crippen LogP contribution >= 0.6 is 0 Å². The van der Waals surface area contributed by atoms with Gasteiger partial charge in [0.05, 0.1) is 7.11 Å². The smallest absolute Gasteiger partial charge is 0.422 e. The zero-order chi connectivity index (χ0) is 25.1. The number of halogens is 7. The molecule has 10 heteroatoms. The molecule has 0 saturated heterocycles. The summed E-state index contributed by atoms with van der Waals surface area (Å²) in [6.07, 6.45) is -3.22. The topological polar surface area (TPSA) is 38.3 Å². The number of hydrogen-bond acceptors (Lipinski definition) is 3. The Bertz CT molecular complexity index is 1180. The molecule has 0 aliphatic rings. The van der Waals surface area contributed by atoms with Crippen molar-refractivity contribution in [1.82, 2.24) is 0 Å². The van der Waals surface area contributed by atoms with Crippen molar-refractivity contribution in [2.75, 3.05) is 12.4 Å². The van der Waals surface area contributed by atoms with Crippen molar-refractivity contribution in [1.29, 1.82) is 0 Å². The first-order valence-corrected chi connectivity index (χ1v) is 9.62. The van der Waals surface area contributed by atoms with Gasteiger partial charge in [-0.15, -0.1) is 0 Å². The normalized spacial score (nSPS) is 13.5. The summed E-state index contributed by atoms with van der Waals surface area (Å²) >= 11 is 0. The fraction of sp³-hybridized carbons (Fsp3) is 0.125. The molecule has 178 valence electrons. The van der Waals surface area contributed by atoms with Gasteiger partial charge in [0.15, 0.2) is 28.8 Å². The fourth-order valence-corrected chi connectivity index (χ4v) is 3.28. The second kappa shape index (κ2) is 9.58. The predicted octanol–water partition coefficient (Wildman–Crippen LogP) is 6.46. The number of hydrogen-bond donors (Lipinski definition) is 1. The largest absolute Gasteiger partial charge is 0.467 e. The highest BCUT2D eigenvalue weighted by Crippen LogP contribution is 2.40. The van der Waals surface area contributed by atoms with Gasteiger partial charge in [-0.3, -0.25) is 0 Å². The molecule has 0 radical (unpaired) electrons. The molecule has 0 amide bonds. The Hall–Kier alpha value is -3.82. The van der Waals surface area contributed by atoms with Crippen LogP contribution in [0.1, 0.15) is 16.7 Å². The molecule has 1 N–H and O–H groups in total. The standard InChI is InChI=1S/C24H16F7NO2/c1-34-22(33)23(15-10-6-3-7-11-15,13-12-14-8-4-2-5-9-14)32-21-19(27)17(25)16(24(29,30)31)18(26)20(21)28/h2-13,32H,1H3/b13-12+. The van der Waals surface area contributed by atoms with Gasteiger partial charge >= 0.3 is 12.1 Å². The number of alkyl halides is 3. The van der Waals surface area contributed by atoms with Gasteiger partial charge in [0.1, 0.15) is 11.3 Å². The maximum atomic E-state index is 14.7. The lowest BCUT2D eigenvalue weighted by atomic mass is 9.88. The summed E-state index contributed by atoms with van der Waals surface area (Å²) in [6, 6.07) is 15.5. The third kappa shape index (κ3) is 4.61. The summed E-state index contributed by atoms with van der Waals surface area (Å²) in [5, 5.41) is 2.07. The number of methoxy groups -OCH3 is 1. The Kier molecular flexibility index (Phi) is 6.99. The number of rotatable bonds is 6. The van der Waals surface area contributed by atoms with Crippen molar-refractivity contribution < 1.29 is 40.3 Å². The lowest BCUT2D eigenvalue weighted by molar-refractivity contribution is -0.145. The molecule has 1 unspecified atom stereocenters. The summed E-state index contributed by atoms with van der Waals surface area (Å²) in [5.74, 6) is -11.2. The quantitative estimate of drug-likeness (QED) is 0.249. The van der Waals surface area contributed by atoms with Crippen LogP contribution in [0.15, 0.2) is 66.7 Å². The third-order valence-corrected chi connectivity index (χ3v) is 4.93. The summed E-state index contributed by atoms with van der Waals surface area (Å²) in [4.78, 5) is 12.9. The van der Waals surface area contributed by atoms with Gasteiger partial charge in [0, 0.05) is 0 Å². The average Bonchev–Trinajstić information content (AvgIpc) is 2.82. The molecule has 3 aromatic rings. The number of carbonyl (C=O) groups excluding carboxylic acids is 1. The number of benzene rings is 3. The number of nitrogens with one attached hydrogen (secondary N) is 1. The highest BCUT2D eigenvalue weighted by Gasteiger charge is 2.45.